The van der Waals surface area contributed by atoms with Crippen LogP contribution in [0.2, 0.25) is 5.02 Å². The quantitative estimate of drug-likeness (QED) is 0.419. The van der Waals surface area contributed by atoms with Crippen molar-refractivity contribution in [3.63, 3.8) is 0 Å². The lowest BCUT2D eigenvalue weighted by molar-refractivity contribution is 0.0953. The van der Waals surface area contributed by atoms with Crippen LogP contribution in [0.25, 0.3) is 22.2 Å². The topological polar surface area (TPSA) is 87.0 Å². The molecule has 0 saturated carbocycles. The summed E-state index contributed by atoms with van der Waals surface area (Å²) in [4.78, 5) is 7.74. The van der Waals surface area contributed by atoms with Crippen LogP contribution in [-0.4, -0.2) is 42.7 Å². The van der Waals surface area contributed by atoms with E-state index in [1.807, 2.05) is 44.0 Å². The Morgan fingerprint density at radius 1 is 1.29 bits per heavy atom. The van der Waals surface area contributed by atoms with Crippen LogP contribution < -0.4 is 0 Å². The summed E-state index contributed by atoms with van der Waals surface area (Å²) >= 11 is 6.38. The van der Waals surface area contributed by atoms with E-state index >= 15 is 0 Å². The molecule has 4 aromatic rings. The molecule has 162 valence electrons. The Morgan fingerprint density at radius 3 is 2.74 bits per heavy atom. The van der Waals surface area contributed by atoms with Gasteiger partial charge >= 0.3 is 0 Å². The van der Waals surface area contributed by atoms with Crippen LogP contribution in [0.1, 0.15) is 35.2 Å². The summed E-state index contributed by atoms with van der Waals surface area (Å²) in [7, 11) is 1.89. The number of hydrogen-bond donors (Lipinski definition) is 3. The van der Waals surface area contributed by atoms with E-state index in [0.717, 1.165) is 33.4 Å². The van der Waals surface area contributed by atoms with Crippen molar-refractivity contribution in [3.8, 4) is 11.1 Å². The van der Waals surface area contributed by atoms with Gasteiger partial charge in [0.2, 0.25) is 0 Å². The number of fused-ring (bicyclic) bond motifs is 1. The van der Waals surface area contributed by atoms with E-state index in [1.54, 1.807) is 12.3 Å². The average Bonchev–Trinajstić information content (AvgIpc) is 3.33. The fourth-order valence-corrected chi connectivity index (χ4v) is 4.39. The van der Waals surface area contributed by atoms with Crippen LogP contribution in [0.4, 0.5) is 4.39 Å². The number of aromatic nitrogens is 4. The monoisotopic (exact) mass is 442 g/mol. The molecular weight excluding hydrogens is 419 g/mol. The third-order valence-corrected chi connectivity index (χ3v) is 6.28. The molecule has 0 amide bonds. The smallest absolute Gasteiger partial charge is 0.142 e. The van der Waals surface area contributed by atoms with Gasteiger partial charge in [0.15, 0.2) is 0 Å². The first-order chi connectivity index (χ1) is 14.8. The SMILES string of the molecule is Cc1c(-c2cnc3[nH]cc([C@H](C)c4c(C[C@@H](O)CO)ccc(F)c4Cl)c3c2)cnn1C. The van der Waals surface area contributed by atoms with Crippen LogP contribution in [0.15, 0.2) is 36.8 Å². The summed E-state index contributed by atoms with van der Waals surface area (Å²) in [5.74, 6) is -0.791. The highest BCUT2D eigenvalue weighted by molar-refractivity contribution is 6.31. The minimum absolute atomic E-state index is 0.0247. The van der Waals surface area contributed by atoms with Crippen LogP contribution in [0.5, 0.6) is 0 Å². The van der Waals surface area contributed by atoms with Crippen molar-refractivity contribution in [1.29, 1.82) is 0 Å². The maximum Gasteiger partial charge on any atom is 0.142 e. The number of nitrogens with zero attached hydrogens (tertiary/aromatic N) is 3. The first-order valence-electron chi connectivity index (χ1n) is 10.0. The second-order valence-electron chi connectivity index (χ2n) is 7.83. The molecule has 3 heterocycles. The number of nitrogens with one attached hydrogen (secondary N) is 1. The maximum atomic E-state index is 14.4. The zero-order valence-corrected chi connectivity index (χ0v) is 18.3. The van der Waals surface area contributed by atoms with Gasteiger partial charge in [-0.15, -0.1) is 0 Å². The fourth-order valence-electron chi connectivity index (χ4n) is 4.04. The molecule has 0 spiro atoms. The molecule has 0 unspecified atom stereocenters. The average molecular weight is 443 g/mol. The second-order valence-corrected chi connectivity index (χ2v) is 8.21. The maximum absolute atomic E-state index is 14.4. The van der Waals surface area contributed by atoms with Gasteiger partial charge in [0.1, 0.15) is 11.5 Å². The normalized spacial score (nSPS) is 13.6. The van der Waals surface area contributed by atoms with Gasteiger partial charge in [-0.05, 0) is 35.7 Å². The molecular formula is C23H24ClFN4O2. The Kier molecular flexibility index (Phi) is 5.83. The zero-order valence-electron chi connectivity index (χ0n) is 17.5. The van der Waals surface area contributed by atoms with Crippen LogP contribution >= 0.6 is 11.6 Å². The number of pyridine rings is 1. The van der Waals surface area contributed by atoms with Gasteiger partial charge in [-0.3, -0.25) is 4.68 Å². The standard InChI is InChI=1S/C23H24ClFN4O2/c1-12(21-14(6-16(31)11-30)4-5-20(25)22(21)24)18-9-27-23-17(18)7-15(8-26-23)19-10-28-29(3)13(19)2/h4-5,7-10,12,16,30-31H,6,11H2,1-3H3,(H,26,27)/t12-,16+/m0/s1. The number of rotatable bonds is 6. The number of aliphatic hydroxyl groups excluding tert-OH is 2. The molecule has 1 aromatic carbocycles. The van der Waals surface area contributed by atoms with Gasteiger partial charge in [-0.1, -0.05) is 24.6 Å². The van der Waals surface area contributed by atoms with Crippen molar-refractivity contribution >= 4 is 22.6 Å². The molecule has 8 heteroatoms. The molecule has 0 saturated heterocycles. The van der Waals surface area contributed by atoms with E-state index in [-0.39, 0.29) is 24.0 Å². The van der Waals surface area contributed by atoms with Crippen LogP contribution in [0, 0.1) is 12.7 Å². The number of aliphatic hydroxyl groups is 2. The highest BCUT2D eigenvalue weighted by Gasteiger charge is 2.23. The first kappa shape index (κ1) is 21.5. The second kappa shape index (κ2) is 8.42. The number of aryl methyl sites for hydroxylation is 1. The minimum atomic E-state index is -0.947. The van der Waals surface area contributed by atoms with Crippen molar-refractivity contribution in [2.24, 2.45) is 7.05 Å². The molecule has 2 atom stereocenters. The van der Waals surface area contributed by atoms with Gasteiger partial charge in [-0.2, -0.15) is 5.10 Å². The molecule has 31 heavy (non-hydrogen) atoms. The first-order valence-corrected chi connectivity index (χ1v) is 10.4. The summed E-state index contributed by atoms with van der Waals surface area (Å²) in [5.41, 5.74) is 5.88. The molecule has 3 N–H and O–H groups in total. The van der Waals surface area contributed by atoms with Gasteiger partial charge < -0.3 is 15.2 Å². The van der Waals surface area contributed by atoms with Crippen molar-refractivity contribution in [2.45, 2.75) is 32.3 Å². The lowest BCUT2D eigenvalue weighted by Crippen LogP contribution is -2.17. The summed E-state index contributed by atoms with van der Waals surface area (Å²) in [6.45, 7) is 3.56. The Hall–Kier alpha value is -2.74. The third-order valence-electron chi connectivity index (χ3n) is 5.90. The lowest BCUT2D eigenvalue weighted by Gasteiger charge is -2.20. The number of hydrogen-bond acceptors (Lipinski definition) is 4. The molecule has 3 aromatic heterocycles. The molecule has 4 rings (SSSR count). The molecule has 0 fully saturated rings. The van der Waals surface area contributed by atoms with Crippen LogP contribution in [-0.2, 0) is 13.5 Å². The van der Waals surface area contributed by atoms with Gasteiger partial charge in [0.25, 0.3) is 0 Å². The van der Waals surface area contributed by atoms with E-state index in [2.05, 4.69) is 15.1 Å². The number of aromatic amines is 1. The summed E-state index contributed by atoms with van der Waals surface area (Å²) in [6.07, 6.45) is 4.70. The van der Waals surface area contributed by atoms with E-state index < -0.39 is 11.9 Å². The summed E-state index contributed by atoms with van der Waals surface area (Å²) in [5, 5.41) is 24.5. The Bertz CT molecular complexity index is 1250. The van der Waals surface area contributed by atoms with E-state index in [4.69, 9.17) is 11.6 Å². The zero-order chi connectivity index (χ0) is 22.3. The van der Waals surface area contributed by atoms with E-state index in [0.29, 0.717) is 11.1 Å². The summed E-state index contributed by atoms with van der Waals surface area (Å²) < 4.78 is 16.2. The van der Waals surface area contributed by atoms with E-state index in [9.17, 15) is 14.6 Å². The van der Waals surface area contributed by atoms with Crippen molar-refractivity contribution < 1.29 is 14.6 Å². The van der Waals surface area contributed by atoms with E-state index in [1.165, 1.54) is 6.07 Å². The molecule has 0 bridgehead atoms. The number of benzene rings is 1. The predicted octanol–water partition coefficient (Wildman–Crippen LogP) is 4.11. The Labute approximate surface area is 184 Å². The van der Waals surface area contributed by atoms with Crippen LogP contribution in [0.3, 0.4) is 0 Å². The van der Waals surface area contributed by atoms with Crippen molar-refractivity contribution in [2.75, 3.05) is 6.61 Å². The fraction of sp³-hybridized carbons (Fsp3) is 0.304. The van der Waals surface area contributed by atoms with Crippen molar-refractivity contribution in [3.05, 3.63) is 70.0 Å². The predicted molar refractivity (Wildman–Crippen MR) is 119 cm³/mol. The minimum Gasteiger partial charge on any atom is -0.394 e. The molecule has 6 nitrogen and oxygen atoms in total. The largest absolute Gasteiger partial charge is 0.394 e. The van der Waals surface area contributed by atoms with Crippen molar-refractivity contribution in [1.82, 2.24) is 19.7 Å². The highest BCUT2D eigenvalue weighted by Crippen LogP contribution is 2.38. The molecule has 0 aliphatic heterocycles. The highest BCUT2D eigenvalue weighted by atomic mass is 35.5. The Balaban J connectivity index is 1.83. The van der Waals surface area contributed by atoms with Gasteiger partial charge in [-0.25, -0.2) is 9.37 Å². The Morgan fingerprint density at radius 2 is 2.06 bits per heavy atom. The molecule has 0 radical (unpaired) electrons. The number of H-pyrrole nitrogens is 1. The van der Waals surface area contributed by atoms with Gasteiger partial charge in [0.05, 0.1) is 23.9 Å². The molecule has 0 aliphatic carbocycles. The molecule has 0 aliphatic rings. The third kappa shape index (κ3) is 3.84. The van der Waals surface area contributed by atoms with Gasteiger partial charge in [0, 0.05) is 54.0 Å². The number of halogens is 2. The summed E-state index contributed by atoms with van der Waals surface area (Å²) in [6, 6.07) is 4.95. The lowest BCUT2D eigenvalue weighted by atomic mass is 9.87.